The predicted octanol–water partition coefficient (Wildman–Crippen LogP) is 3.47. The van der Waals surface area contributed by atoms with Gasteiger partial charge in [0.1, 0.15) is 10.8 Å². The lowest BCUT2D eigenvalue weighted by atomic mass is 10.3. The third-order valence-corrected chi connectivity index (χ3v) is 3.44. The van der Waals surface area contributed by atoms with Gasteiger partial charge in [-0.1, -0.05) is 18.2 Å². The molecular weight excluding hydrogens is 282 g/mol. The zero-order chi connectivity index (χ0) is 13.2. The van der Waals surface area contributed by atoms with E-state index in [1.165, 1.54) is 11.8 Å². The molecule has 5 nitrogen and oxygen atoms in total. The Morgan fingerprint density at radius 3 is 2.74 bits per heavy atom. The highest BCUT2D eigenvalue weighted by molar-refractivity contribution is 7.98. The maximum atomic E-state index is 5.93. The van der Waals surface area contributed by atoms with E-state index in [1.807, 2.05) is 36.6 Å². The van der Waals surface area contributed by atoms with E-state index in [0.717, 1.165) is 16.1 Å². The fourth-order valence-corrected chi connectivity index (χ4v) is 2.48. The van der Waals surface area contributed by atoms with E-state index in [4.69, 9.17) is 11.6 Å². The highest BCUT2D eigenvalue weighted by Gasteiger charge is 2.14. The number of fused-ring (bicyclic) bond motifs is 1. The minimum Gasteiger partial charge on any atom is -0.339 e. The average molecular weight is 292 g/mol. The van der Waals surface area contributed by atoms with Crippen molar-refractivity contribution in [3.8, 4) is 0 Å². The van der Waals surface area contributed by atoms with Crippen LogP contribution in [0.1, 0.15) is 0 Å². The van der Waals surface area contributed by atoms with Gasteiger partial charge in [0.25, 0.3) is 0 Å². The SMILES string of the molecule is CSc1n[nH]c2nc(Cl)nc(Nc3ccccc3)c12. The van der Waals surface area contributed by atoms with E-state index in [-0.39, 0.29) is 5.28 Å². The summed E-state index contributed by atoms with van der Waals surface area (Å²) >= 11 is 7.46. The summed E-state index contributed by atoms with van der Waals surface area (Å²) in [7, 11) is 0. The van der Waals surface area contributed by atoms with Crippen molar-refractivity contribution in [2.75, 3.05) is 11.6 Å². The molecule has 0 aliphatic heterocycles. The number of nitrogens with zero attached hydrogens (tertiary/aromatic N) is 3. The van der Waals surface area contributed by atoms with Gasteiger partial charge in [-0.25, -0.2) is 0 Å². The monoisotopic (exact) mass is 291 g/mol. The Morgan fingerprint density at radius 2 is 2.00 bits per heavy atom. The van der Waals surface area contributed by atoms with Crippen molar-refractivity contribution in [3.63, 3.8) is 0 Å². The molecule has 0 bridgehead atoms. The number of nitrogens with one attached hydrogen (secondary N) is 2. The first-order chi connectivity index (χ1) is 9.28. The molecule has 0 aliphatic carbocycles. The van der Waals surface area contributed by atoms with Crippen LogP contribution in [0.2, 0.25) is 5.28 Å². The molecule has 0 fully saturated rings. The third kappa shape index (κ3) is 2.36. The van der Waals surface area contributed by atoms with E-state index in [2.05, 4.69) is 25.5 Å². The Morgan fingerprint density at radius 1 is 1.21 bits per heavy atom. The molecule has 7 heteroatoms. The van der Waals surface area contributed by atoms with E-state index >= 15 is 0 Å². The quantitative estimate of drug-likeness (QED) is 0.571. The fraction of sp³-hybridized carbons (Fsp3) is 0.0833. The molecule has 0 saturated carbocycles. The van der Waals surface area contributed by atoms with Crippen LogP contribution in [0.15, 0.2) is 35.4 Å². The van der Waals surface area contributed by atoms with Gasteiger partial charge in [-0.3, -0.25) is 5.10 Å². The Bertz CT molecular complexity index is 713. The van der Waals surface area contributed by atoms with Crippen molar-refractivity contribution < 1.29 is 0 Å². The van der Waals surface area contributed by atoms with E-state index < -0.39 is 0 Å². The Labute approximate surface area is 118 Å². The molecule has 0 radical (unpaired) electrons. The van der Waals surface area contributed by atoms with Crippen LogP contribution in [0.25, 0.3) is 11.0 Å². The summed E-state index contributed by atoms with van der Waals surface area (Å²) in [6.07, 6.45) is 1.95. The molecule has 3 rings (SSSR count). The first-order valence-corrected chi connectivity index (χ1v) is 7.16. The van der Waals surface area contributed by atoms with Crippen LogP contribution in [-0.4, -0.2) is 26.4 Å². The minimum atomic E-state index is 0.183. The van der Waals surface area contributed by atoms with Crippen LogP contribution in [0.4, 0.5) is 11.5 Å². The molecule has 0 spiro atoms. The van der Waals surface area contributed by atoms with Crippen molar-refractivity contribution in [1.82, 2.24) is 20.2 Å². The number of aromatic nitrogens is 4. The van der Waals surface area contributed by atoms with Gasteiger partial charge in [0.15, 0.2) is 5.65 Å². The van der Waals surface area contributed by atoms with Crippen LogP contribution in [-0.2, 0) is 0 Å². The van der Waals surface area contributed by atoms with Crippen molar-refractivity contribution in [2.24, 2.45) is 0 Å². The van der Waals surface area contributed by atoms with Gasteiger partial charge in [0.05, 0.1) is 5.39 Å². The summed E-state index contributed by atoms with van der Waals surface area (Å²) in [4.78, 5) is 8.38. The van der Waals surface area contributed by atoms with Gasteiger partial charge in [-0.2, -0.15) is 15.1 Å². The lowest BCUT2D eigenvalue weighted by Crippen LogP contribution is -1.96. The third-order valence-electron chi connectivity index (χ3n) is 2.59. The molecular formula is C12H10ClN5S. The van der Waals surface area contributed by atoms with Crippen LogP contribution >= 0.6 is 23.4 Å². The number of benzene rings is 1. The Balaban J connectivity index is 2.13. The zero-order valence-corrected chi connectivity index (χ0v) is 11.6. The largest absolute Gasteiger partial charge is 0.339 e. The molecule has 0 aliphatic rings. The molecule has 0 atom stereocenters. The van der Waals surface area contributed by atoms with Gasteiger partial charge >= 0.3 is 0 Å². The number of anilines is 2. The van der Waals surface area contributed by atoms with E-state index in [9.17, 15) is 0 Å². The average Bonchev–Trinajstić information content (AvgIpc) is 2.82. The second kappa shape index (κ2) is 5.07. The van der Waals surface area contributed by atoms with Crippen molar-refractivity contribution in [2.45, 2.75) is 5.03 Å². The summed E-state index contributed by atoms with van der Waals surface area (Å²) in [5, 5.41) is 12.2. The molecule has 0 amide bonds. The van der Waals surface area contributed by atoms with Gasteiger partial charge < -0.3 is 5.32 Å². The number of para-hydroxylation sites is 1. The molecule has 19 heavy (non-hydrogen) atoms. The number of aromatic amines is 1. The first-order valence-electron chi connectivity index (χ1n) is 5.55. The Kier molecular flexibility index (Phi) is 3.27. The standard InChI is InChI=1S/C12H10ClN5S/c1-19-11-8-9(14-7-5-3-2-4-6-7)15-12(13)16-10(8)17-18-11/h2-6H,1H3,(H2,14,15,16,17,18). The highest BCUT2D eigenvalue weighted by atomic mass is 35.5. The first kappa shape index (κ1) is 12.3. The maximum Gasteiger partial charge on any atom is 0.226 e. The summed E-state index contributed by atoms with van der Waals surface area (Å²) in [5.41, 5.74) is 1.56. The molecule has 2 N–H and O–H groups in total. The molecule has 0 saturated heterocycles. The van der Waals surface area contributed by atoms with Crippen LogP contribution in [0.5, 0.6) is 0 Å². The van der Waals surface area contributed by atoms with Gasteiger partial charge in [0.2, 0.25) is 5.28 Å². The van der Waals surface area contributed by atoms with Crippen molar-refractivity contribution in [3.05, 3.63) is 35.6 Å². The molecule has 96 valence electrons. The summed E-state index contributed by atoms with van der Waals surface area (Å²) in [6.45, 7) is 0. The van der Waals surface area contributed by atoms with Crippen LogP contribution < -0.4 is 5.32 Å². The fourth-order valence-electron chi connectivity index (χ4n) is 1.77. The zero-order valence-electron chi connectivity index (χ0n) is 10.0. The lowest BCUT2D eigenvalue weighted by Gasteiger charge is -2.07. The maximum absolute atomic E-state index is 5.93. The molecule has 3 aromatic rings. The lowest BCUT2D eigenvalue weighted by molar-refractivity contribution is 1.02. The number of rotatable bonds is 3. The number of thioether (sulfide) groups is 1. The normalized spacial score (nSPS) is 10.8. The van der Waals surface area contributed by atoms with Crippen molar-refractivity contribution >= 4 is 45.9 Å². The van der Waals surface area contributed by atoms with Gasteiger partial charge in [0, 0.05) is 5.69 Å². The summed E-state index contributed by atoms with van der Waals surface area (Å²) < 4.78 is 0. The van der Waals surface area contributed by atoms with Crippen LogP contribution in [0.3, 0.4) is 0 Å². The molecule has 2 aromatic heterocycles. The van der Waals surface area contributed by atoms with Gasteiger partial charge in [-0.15, -0.1) is 11.8 Å². The number of halogens is 1. The number of H-pyrrole nitrogens is 1. The highest BCUT2D eigenvalue weighted by Crippen LogP contribution is 2.30. The smallest absolute Gasteiger partial charge is 0.226 e. The predicted molar refractivity (Wildman–Crippen MR) is 78.2 cm³/mol. The van der Waals surface area contributed by atoms with Crippen molar-refractivity contribution in [1.29, 1.82) is 0 Å². The minimum absolute atomic E-state index is 0.183. The number of hydrogen-bond donors (Lipinski definition) is 2. The summed E-state index contributed by atoms with van der Waals surface area (Å²) in [6, 6.07) is 9.78. The van der Waals surface area contributed by atoms with Gasteiger partial charge in [-0.05, 0) is 30.0 Å². The van der Waals surface area contributed by atoms with E-state index in [1.54, 1.807) is 0 Å². The van der Waals surface area contributed by atoms with E-state index in [0.29, 0.717) is 11.5 Å². The summed E-state index contributed by atoms with van der Waals surface area (Å²) in [5.74, 6) is 0.652. The Hall–Kier alpha value is -1.79. The topological polar surface area (TPSA) is 66.5 Å². The second-order valence-corrected chi connectivity index (χ2v) is 4.92. The molecule has 2 heterocycles. The van der Waals surface area contributed by atoms with Crippen LogP contribution in [0, 0.1) is 0 Å². The second-order valence-electron chi connectivity index (χ2n) is 3.79. The molecule has 0 unspecified atom stereocenters. The number of hydrogen-bond acceptors (Lipinski definition) is 5. The molecule has 1 aromatic carbocycles.